The van der Waals surface area contributed by atoms with E-state index in [0.717, 1.165) is 42.0 Å². The molecule has 13 heteroatoms. The molecule has 2 aliphatic rings. The number of carbonyl (C=O) groups is 1. The van der Waals surface area contributed by atoms with Gasteiger partial charge in [0.15, 0.2) is 5.82 Å². The van der Waals surface area contributed by atoms with Crippen molar-refractivity contribution in [3.8, 4) is 5.69 Å². The number of allylic oxidation sites excluding steroid dienone is 2. The van der Waals surface area contributed by atoms with Crippen LogP contribution < -0.4 is 27.8 Å². The van der Waals surface area contributed by atoms with Crippen LogP contribution in [0, 0.1) is 36.8 Å². The molecule has 0 spiro atoms. The minimum Gasteiger partial charge on any atom is -0.402 e. The number of aryl methyl sites for hydroxylation is 2. The molecule has 1 amide bonds. The fourth-order valence-corrected chi connectivity index (χ4v) is 6.85. The van der Waals surface area contributed by atoms with Crippen molar-refractivity contribution >= 4 is 41.6 Å². The molecule has 2 fully saturated rings. The minimum absolute atomic E-state index is 0.0412. The summed E-state index contributed by atoms with van der Waals surface area (Å²) < 4.78 is 38.8. The Bertz CT molecular complexity index is 2190. The molecule has 1 aromatic heterocycles. The van der Waals surface area contributed by atoms with E-state index in [-0.39, 0.29) is 42.3 Å². The van der Waals surface area contributed by atoms with E-state index >= 15 is 4.39 Å². The molecule has 3 aromatic carbocycles. The number of benzene rings is 3. The smallest absolute Gasteiger partial charge is 0.338 e. The minimum atomic E-state index is -0.724. The van der Waals surface area contributed by atoms with Crippen LogP contribution in [0.15, 0.2) is 82.0 Å². The van der Waals surface area contributed by atoms with E-state index in [1.165, 1.54) is 28.6 Å². The van der Waals surface area contributed by atoms with Gasteiger partial charge in [0.25, 0.3) is 0 Å². The second-order valence-corrected chi connectivity index (χ2v) is 14.2. The number of ether oxygens (including phenoxy) is 1. The molecule has 1 saturated heterocycles. The van der Waals surface area contributed by atoms with Crippen molar-refractivity contribution in [2.24, 2.45) is 16.6 Å². The number of hydrogen-bond acceptors (Lipinski definition) is 8. The van der Waals surface area contributed by atoms with E-state index in [0.29, 0.717) is 77.5 Å². The molecule has 1 aliphatic carbocycles. The highest BCUT2D eigenvalue weighted by molar-refractivity contribution is 6.02. The summed E-state index contributed by atoms with van der Waals surface area (Å²) in [4.78, 5) is 30.4. The van der Waals surface area contributed by atoms with Crippen molar-refractivity contribution < 1.29 is 18.3 Å². The van der Waals surface area contributed by atoms with Crippen molar-refractivity contribution in [3.63, 3.8) is 0 Å². The zero-order chi connectivity index (χ0) is 39.1. The van der Waals surface area contributed by atoms with Crippen LogP contribution in [0.2, 0.25) is 0 Å². The Morgan fingerprint density at radius 3 is 2.47 bits per heavy atom. The van der Waals surface area contributed by atoms with Gasteiger partial charge in [0.05, 0.1) is 16.9 Å². The highest BCUT2D eigenvalue weighted by atomic mass is 19.1. The van der Waals surface area contributed by atoms with Gasteiger partial charge in [-0.25, -0.2) is 18.6 Å². The topological polar surface area (TPSA) is 166 Å². The summed E-state index contributed by atoms with van der Waals surface area (Å²) in [5.41, 5.74) is 17.5. The summed E-state index contributed by atoms with van der Waals surface area (Å²) in [6, 6.07) is 12.4. The summed E-state index contributed by atoms with van der Waals surface area (Å²) in [6.45, 7) is 5.59. The SMILES string of the molecule is Cc1cc(N=C(/C(C/C=C/c2cc(C3CCOCC3)ccc2N)=C(\N)CCNC=O)n2ccn(-c3ccc(NCC4CC4)c(C=N)c3F)c2=O)cc(C)c1F. The van der Waals surface area contributed by atoms with Crippen LogP contribution in [0.4, 0.5) is 25.8 Å². The van der Waals surface area contributed by atoms with Crippen LogP contribution in [0.1, 0.15) is 72.3 Å². The largest absolute Gasteiger partial charge is 0.402 e. The molecule has 4 aromatic rings. The van der Waals surface area contributed by atoms with Crippen molar-refractivity contribution in [1.29, 1.82) is 5.41 Å². The Labute approximate surface area is 319 Å². The summed E-state index contributed by atoms with van der Waals surface area (Å²) >= 11 is 0. The van der Waals surface area contributed by atoms with Gasteiger partial charge in [-0.2, -0.15) is 0 Å². The highest BCUT2D eigenvalue weighted by Gasteiger charge is 2.24. The van der Waals surface area contributed by atoms with E-state index in [1.54, 1.807) is 32.0 Å². The predicted molar refractivity (Wildman–Crippen MR) is 215 cm³/mol. The number of hydrogen-bond donors (Lipinski definition) is 5. The number of amides is 1. The second kappa shape index (κ2) is 17.5. The lowest BCUT2D eigenvalue weighted by Gasteiger charge is -2.23. The Morgan fingerprint density at radius 1 is 1.04 bits per heavy atom. The maximum Gasteiger partial charge on any atom is 0.338 e. The first kappa shape index (κ1) is 38.9. The summed E-state index contributed by atoms with van der Waals surface area (Å²) in [5, 5.41) is 13.8. The number of halogens is 2. The average Bonchev–Trinajstić information content (AvgIpc) is 3.94. The van der Waals surface area contributed by atoms with Gasteiger partial charge in [0.2, 0.25) is 6.41 Å². The standard InChI is InChI=1S/C42H48F2N8O3/c1-26-20-32(21-27(2)39(26)43)50-41(52-17-16-51(42(52)54)38-11-10-37(34(23-45)40(38)44)49-24-28-6-7-28)33(36(47)12-15-48-25-53)5-3-4-31-22-30(8-9-35(31)46)29-13-18-55-19-14-29/h3-4,8-11,16-17,20-23,25,28-29,45,49H,5-7,12-15,18-19,24,46-47H2,1-2H3,(H,48,53)/b4-3+,36-33-,45-23?,50-41?. The van der Waals surface area contributed by atoms with Crippen molar-refractivity contribution in [1.82, 2.24) is 14.5 Å². The Kier molecular flexibility index (Phi) is 12.4. The number of nitrogen functional groups attached to an aromatic ring is 1. The molecule has 1 aliphatic heterocycles. The van der Waals surface area contributed by atoms with Crippen LogP contribution in [-0.4, -0.2) is 53.9 Å². The molecule has 288 valence electrons. The van der Waals surface area contributed by atoms with Gasteiger partial charge in [-0.1, -0.05) is 18.2 Å². The monoisotopic (exact) mass is 750 g/mol. The van der Waals surface area contributed by atoms with Crippen LogP contribution in [0.5, 0.6) is 0 Å². The third-order valence-corrected chi connectivity index (χ3v) is 10.2. The lowest BCUT2D eigenvalue weighted by Crippen LogP contribution is -2.31. The third-order valence-electron chi connectivity index (χ3n) is 10.2. The molecule has 2 heterocycles. The summed E-state index contributed by atoms with van der Waals surface area (Å²) in [5.74, 6) is -0.0532. The number of imidazole rings is 1. The van der Waals surface area contributed by atoms with Gasteiger partial charge in [-0.15, -0.1) is 0 Å². The van der Waals surface area contributed by atoms with Crippen LogP contribution in [0.3, 0.4) is 0 Å². The second-order valence-electron chi connectivity index (χ2n) is 14.2. The number of nitrogens with one attached hydrogen (secondary N) is 3. The lowest BCUT2D eigenvalue weighted by molar-refractivity contribution is -0.109. The molecule has 0 atom stereocenters. The molecule has 11 nitrogen and oxygen atoms in total. The fraction of sp³-hybridized carbons (Fsp3) is 0.333. The average molecular weight is 751 g/mol. The van der Waals surface area contributed by atoms with E-state index in [1.807, 2.05) is 24.3 Å². The summed E-state index contributed by atoms with van der Waals surface area (Å²) in [6.07, 6.45) is 12.7. The molecule has 55 heavy (non-hydrogen) atoms. The zero-order valence-electron chi connectivity index (χ0n) is 31.2. The molecule has 0 unspecified atom stereocenters. The molecule has 0 radical (unpaired) electrons. The number of aromatic nitrogens is 2. The first-order valence-corrected chi connectivity index (χ1v) is 18.6. The van der Waals surface area contributed by atoms with Crippen LogP contribution >= 0.6 is 0 Å². The molecule has 6 rings (SSSR count). The number of nitrogens with zero attached hydrogens (tertiary/aromatic N) is 3. The van der Waals surface area contributed by atoms with Crippen molar-refractivity contribution in [2.75, 3.05) is 37.4 Å². The molecular weight excluding hydrogens is 703 g/mol. The number of nitrogens with two attached hydrogens (primary N) is 2. The Morgan fingerprint density at radius 2 is 1.78 bits per heavy atom. The first-order chi connectivity index (χ1) is 26.6. The molecule has 1 saturated carbocycles. The molecule has 0 bridgehead atoms. The summed E-state index contributed by atoms with van der Waals surface area (Å²) in [7, 11) is 0. The van der Waals surface area contributed by atoms with Crippen LogP contribution in [-0.2, 0) is 9.53 Å². The molecule has 7 N–H and O–H groups in total. The van der Waals surface area contributed by atoms with E-state index in [9.17, 15) is 14.0 Å². The number of anilines is 2. The third kappa shape index (κ3) is 9.11. The predicted octanol–water partition coefficient (Wildman–Crippen LogP) is 6.86. The van der Waals surface area contributed by atoms with Crippen LogP contribution in [0.25, 0.3) is 11.8 Å². The van der Waals surface area contributed by atoms with E-state index in [2.05, 4.69) is 16.7 Å². The fourth-order valence-electron chi connectivity index (χ4n) is 6.85. The quantitative estimate of drug-likeness (QED) is 0.0293. The molecular formula is C42H48F2N8O3. The maximum absolute atomic E-state index is 16.1. The number of aliphatic imine (C=N–C) groups is 1. The Balaban J connectivity index is 1.44. The highest BCUT2D eigenvalue weighted by Crippen LogP contribution is 2.32. The van der Waals surface area contributed by atoms with Crippen molar-refractivity contribution in [2.45, 2.75) is 58.3 Å². The number of rotatable bonds is 15. The van der Waals surface area contributed by atoms with Gasteiger partial charge in [-0.3, -0.25) is 13.9 Å². The lowest BCUT2D eigenvalue weighted by atomic mass is 9.90. The van der Waals surface area contributed by atoms with Gasteiger partial charge in [-0.05, 0) is 116 Å². The Hall–Kier alpha value is -5.82. The van der Waals surface area contributed by atoms with E-state index < -0.39 is 11.5 Å². The van der Waals surface area contributed by atoms with Gasteiger partial charge < -0.3 is 32.2 Å². The van der Waals surface area contributed by atoms with Gasteiger partial charge in [0, 0.05) is 74.0 Å². The number of carbonyl (C=O) groups excluding carboxylic acids is 1. The first-order valence-electron chi connectivity index (χ1n) is 18.6. The van der Waals surface area contributed by atoms with Gasteiger partial charge in [0.1, 0.15) is 11.7 Å². The van der Waals surface area contributed by atoms with Crippen molar-refractivity contribution in [3.05, 3.63) is 122 Å². The zero-order valence-corrected chi connectivity index (χ0v) is 31.2. The van der Waals surface area contributed by atoms with Gasteiger partial charge >= 0.3 is 5.69 Å². The normalized spacial score (nSPS) is 15.6. The van der Waals surface area contributed by atoms with E-state index in [4.69, 9.17) is 26.6 Å². The maximum atomic E-state index is 16.1.